The Morgan fingerprint density at radius 1 is 1.42 bits per heavy atom. The van der Waals surface area contributed by atoms with E-state index >= 15 is 0 Å². The number of aromatic nitrogens is 2. The monoisotopic (exact) mass is 276 g/mol. The average molecular weight is 276 g/mol. The summed E-state index contributed by atoms with van der Waals surface area (Å²) < 4.78 is 1.93. The van der Waals surface area contributed by atoms with E-state index in [9.17, 15) is 0 Å². The zero-order valence-corrected chi connectivity index (χ0v) is 12.5. The number of fused-ring (bicyclic) bond motifs is 1. The molecule has 0 bridgehead atoms. The molecule has 0 saturated heterocycles. The third-order valence-corrected chi connectivity index (χ3v) is 4.76. The zero-order valence-electron chi connectivity index (χ0n) is 11.7. The van der Waals surface area contributed by atoms with Gasteiger partial charge in [0.15, 0.2) is 5.82 Å². The molecule has 4 nitrogen and oxygen atoms in total. The van der Waals surface area contributed by atoms with E-state index in [0.29, 0.717) is 5.92 Å². The number of nitrogens with two attached hydrogens (primary N) is 1. The Morgan fingerprint density at radius 3 is 2.89 bits per heavy atom. The number of nitrogen functional groups attached to an aromatic ring is 1. The lowest BCUT2D eigenvalue weighted by Gasteiger charge is -2.29. The van der Waals surface area contributed by atoms with Crippen LogP contribution in [0, 0.1) is 0 Å². The van der Waals surface area contributed by atoms with Crippen molar-refractivity contribution >= 4 is 22.8 Å². The summed E-state index contributed by atoms with van der Waals surface area (Å²) in [5, 5.41) is 6.76. The molecular weight excluding hydrogens is 256 g/mol. The van der Waals surface area contributed by atoms with E-state index in [1.54, 1.807) is 0 Å². The summed E-state index contributed by atoms with van der Waals surface area (Å²) in [7, 11) is 1.99. The Kier molecular flexibility index (Phi) is 3.01. The summed E-state index contributed by atoms with van der Waals surface area (Å²) in [5.74, 6) is 1.43. The molecule has 0 atom stereocenters. The maximum atomic E-state index is 6.31. The fourth-order valence-electron chi connectivity index (χ4n) is 2.78. The molecule has 3 rings (SSSR count). The number of hydrogen-bond donors (Lipinski definition) is 1. The fraction of sp³-hybridized carbons (Fsp3) is 0.500. The van der Waals surface area contributed by atoms with Crippen LogP contribution in [0.25, 0.3) is 0 Å². The van der Waals surface area contributed by atoms with Crippen molar-refractivity contribution in [3.63, 3.8) is 0 Å². The molecule has 0 spiro atoms. The van der Waals surface area contributed by atoms with E-state index in [-0.39, 0.29) is 0 Å². The smallest absolute Gasteiger partial charge is 0.150 e. The Hall–Kier alpha value is -1.49. The summed E-state index contributed by atoms with van der Waals surface area (Å²) >= 11 is 1.86. The van der Waals surface area contributed by atoms with Crippen LogP contribution in [0.4, 0.5) is 11.5 Å². The highest BCUT2D eigenvalue weighted by molar-refractivity contribution is 7.10. The maximum absolute atomic E-state index is 6.31. The summed E-state index contributed by atoms with van der Waals surface area (Å²) in [6.07, 6.45) is 1.11. The highest BCUT2D eigenvalue weighted by Gasteiger charge is 2.24. The van der Waals surface area contributed by atoms with Crippen LogP contribution in [0.1, 0.15) is 35.9 Å². The molecule has 0 aromatic carbocycles. The second-order valence-electron chi connectivity index (χ2n) is 5.44. The normalized spacial score (nSPS) is 15.1. The van der Waals surface area contributed by atoms with E-state index in [0.717, 1.165) is 36.7 Å². The number of anilines is 2. The quantitative estimate of drug-likeness (QED) is 0.917. The number of aryl methyl sites for hydroxylation is 1. The van der Waals surface area contributed by atoms with Crippen LogP contribution in [0.3, 0.4) is 0 Å². The maximum Gasteiger partial charge on any atom is 0.150 e. The van der Waals surface area contributed by atoms with E-state index in [4.69, 9.17) is 5.73 Å². The Balaban J connectivity index is 1.96. The highest BCUT2D eigenvalue weighted by Crippen LogP contribution is 2.34. The summed E-state index contributed by atoms with van der Waals surface area (Å²) in [4.78, 5) is 3.87. The number of rotatable bonds is 2. The van der Waals surface area contributed by atoms with Crippen LogP contribution in [0.2, 0.25) is 0 Å². The van der Waals surface area contributed by atoms with Crippen LogP contribution in [-0.2, 0) is 20.0 Å². The summed E-state index contributed by atoms with van der Waals surface area (Å²) in [6.45, 7) is 6.24. The predicted molar refractivity (Wildman–Crippen MR) is 80.8 cm³/mol. The van der Waals surface area contributed by atoms with Crippen molar-refractivity contribution in [2.24, 2.45) is 7.05 Å². The standard InChI is InChI=1S/C14H20N4S/c1-9(2)13-12(15)14(17(3)16-13)18-6-4-11-10(8-18)5-7-19-11/h5,7,9H,4,6,8,15H2,1-3H3. The van der Waals surface area contributed by atoms with Crippen molar-refractivity contribution in [3.8, 4) is 0 Å². The first kappa shape index (κ1) is 12.5. The molecule has 5 heteroatoms. The van der Waals surface area contributed by atoms with E-state index < -0.39 is 0 Å². The number of thiophene rings is 1. The molecule has 102 valence electrons. The van der Waals surface area contributed by atoms with Crippen molar-refractivity contribution in [1.82, 2.24) is 9.78 Å². The lowest BCUT2D eigenvalue weighted by molar-refractivity contribution is 0.664. The second kappa shape index (κ2) is 4.56. The van der Waals surface area contributed by atoms with E-state index in [2.05, 4.69) is 35.3 Å². The minimum Gasteiger partial charge on any atom is -0.394 e. The van der Waals surface area contributed by atoms with Gasteiger partial charge in [0.05, 0.1) is 11.4 Å². The van der Waals surface area contributed by atoms with Gasteiger partial charge >= 0.3 is 0 Å². The largest absolute Gasteiger partial charge is 0.394 e. The van der Waals surface area contributed by atoms with Crippen molar-refractivity contribution in [3.05, 3.63) is 27.6 Å². The molecule has 1 aliphatic heterocycles. The predicted octanol–water partition coefficient (Wildman–Crippen LogP) is 2.75. The number of nitrogens with zero attached hydrogens (tertiary/aromatic N) is 3. The third-order valence-electron chi connectivity index (χ3n) is 3.74. The third kappa shape index (κ3) is 2.02. The molecule has 1 aliphatic rings. The average Bonchev–Trinajstić information content (AvgIpc) is 2.93. The van der Waals surface area contributed by atoms with Gasteiger partial charge in [-0.15, -0.1) is 11.3 Å². The van der Waals surface area contributed by atoms with Crippen molar-refractivity contribution in [2.45, 2.75) is 32.7 Å². The van der Waals surface area contributed by atoms with Gasteiger partial charge in [0.25, 0.3) is 0 Å². The molecule has 3 heterocycles. The Morgan fingerprint density at radius 2 is 2.21 bits per heavy atom. The topological polar surface area (TPSA) is 47.1 Å². The molecule has 0 amide bonds. The van der Waals surface area contributed by atoms with Crippen LogP contribution < -0.4 is 10.6 Å². The van der Waals surface area contributed by atoms with Gasteiger partial charge in [0.2, 0.25) is 0 Å². The summed E-state index contributed by atoms with van der Waals surface area (Å²) in [5.41, 5.74) is 9.59. The van der Waals surface area contributed by atoms with Gasteiger partial charge in [-0.25, -0.2) is 0 Å². The van der Waals surface area contributed by atoms with Crippen LogP contribution >= 0.6 is 11.3 Å². The van der Waals surface area contributed by atoms with Gasteiger partial charge in [-0.3, -0.25) is 4.68 Å². The molecule has 0 aliphatic carbocycles. The zero-order chi connectivity index (χ0) is 13.6. The van der Waals surface area contributed by atoms with E-state index in [1.807, 2.05) is 23.1 Å². The molecule has 0 radical (unpaired) electrons. The van der Waals surface area contributed by atoms with Crippen molar-refractivity contribution in [1.29, 1.82) is 0 Å². The van der Waals surface area contributed by atoms with Gasteiger partial charge in [0, 0.05) is 25.0 Å². The van der Waals surface area contributed by atoms with Crippen molar-refractivity contribution in [2.75, 3.05) is 17.2 Å². The lowest BCUT2D eigenvalue weighted by Crippen LogP contribution is -2.31. The van der Waals surface area contributed by atoms with Gasteiger partial charge in [0.1, 0.15) is 0 Å². The van der Waals surface area contributed by atoms with Gasteiger partial charge in [-0.2, -0.15) is 5.10 Å². The van der Waals surface area contributed by atoms with Crippen LogP contribution in [0.5, 0.6) is 0 Å². The first-order valence-corrected chi connectivity index (χ1v) is 7.58. The molecule has 2 aromatic heterocycles. The first-order chi connectivity index (χ1) is 9.08. The highest BCUT2D eigenvalue weighted by atomic mass is 32.1. The molecule has 2 aromatic rings. The van der Waals surface area contributed by atoms with Crippen LogP contribution in [0.15, 0.2) is 11.4 Å². The second-order valence-corrected chi connectivity index (χ2v) is 6.44. The van der Waals surface area contributed by atoms with E-state index in [1.165, 1.54) is 10.4 Å². The van der Waals surface area contributed by atoms with Gasteiger partial charge < -0.3 is 10.6 Å². The minimum atomic E-state index is 0.362. The first-order valence-electron chi connectivity index (χ1n) is 6.70. The Labute approximate surface area is 117 Å². The SMILES string of the molecule is CC(C)c1nn(C)c(N2CCc3sccc3C2)c1N. The summed E-state index contributed by atoms with van der Waals surface area (Å²) in [6, 6.07) is 2.22. The van der Waals surface area contributed by atoms with Gasteiger partial charge in [-0.05, 0) is 29.3 Å². The fourth-order valence-corrected chi connectivity index (χ4v) is 3.67. The minimum absolute atomic E-state index is 0.362. The van der Waals surface area contributed by atoms with Gasteiger partial charge in [-0.1, -0.05) is 13.8 Å². The van der Waals surface area contributed by atoms with Crippen molar-refractivity contribution < 1.29 is 0 Å². The Bertz CT molecular complexity index is 597. The molecule has 0 unspecified atom stereocenters. The molecule has 19 heavy (non-hydrogen) atoms. The molecular formula is C14H20N4S. The number of hydrogen-bond acceptors (Lipinski definition) is 4. The molecule has 0 saturated carbocycles. The molecule has 2 N–H and O–H groups in total. The lowest BCUT2D eigenvalue weighted by atomic mass is 10.1. The van der Waals surface area contributed by atoms with Crippen LogP contribution in [-0.4, -0.2) is 16.3 Å². The molecule has 0 fully saturated rings.